The molecule has 2 unspecified atom stereocenters. The highest BCUT2D eigenvalue weighted by Crippen LogP contribution is 2.60. The normalized spacial score (nSPS) is 23.2. The van der Waals surface area contributed by atoms with E-state index in [1.807, 2.05) is 6.92 Å². The molecule has 0 aliphatic heterocycles. The van der Waals surface area contributed by atoms with Crippen LogP contribution in [0, 0.1) is 12.8 Å². The molecular formula is C29H31OSi. The maximum Gasteiger partial charge on any atom is 0.130 e. The van der Waals surface area contributed by atoms with E-state index in [0.29, 0.717) is 5.92 Å². The van der Waals surface area contributed by atoms with Gasteiger partial charge in [0.25, 0.3) is 0 Å². The monoisotopic (exact) mass is 423 g/mol. The van der Waals surface area contributed by atoms with Gasteiger partial charge in [-0.1, -0.05) is 71.0 Å². The molecule has 0 fully saturated rings. The van der Waals surface area contributed by atoms with Crippen LogP contribution in [0.5, 0.6) is 0 Å². The summed E-state index contributed by atoms with van der Waals surface area (Å²) in [5, 5.41) is 0. The molecule has 0 saturated heterocycles. The van der Waals surface area contributed by atoms with Crippen LogP contribution in [0.4, 0.5) is 0 Å². The van der Waals surface area contributed by atoms with Crippen molar-refractivity contribution >= 4 is 21.4 Å². The van der Waals surface area contributed by atoms with Gasteiger partial charge in [0.2, 0.25) is 0 Å². The van der Waals surface area contributed by atoms with Crippen LogP contribution in [0.3, 0.4) is 0 Å². The van der Waals surface area contributed by atoms with E-state index in [1.165, 1.54) is 44.5 Å². The third kappa shape index (κ3) is 2.67. The first-order chi connectivity index (χ1) is 14.6. The Morgan fingerprint density at radius 3 is 2.16 bits per heavy atom. The fourth-order valence-electron chi connectivity index (χ4n) is 6.17. The molecule has 5 rings (SSSR count). The van der Waals surface area contributed by atoms with E-state index < -0.39 is 0 Å². The predicted molar refractivity (Wildman–Crippen MR) is 132 cm³/mol. The van der Waals surface area contributed by atoms with Crippen LogP contribution in [0.2, 0.25) is 0 Å². The van der Waals surface area contributed by atoms with E-state index in [-0.39, 0.29) is 16.4 Å². The topological polar surface area (TPSA) is 13.1 Å². The van der Waals surface area contributed by atoms with Crippen LogP contribution >= 0.6 is 0 Å². The highest BCUT2D eigenvalue weighted by atomic mass is 28.1. The van der Waals surface area contributed by atoms with Gasteiger partial charge in [0.1, 0.15) is 11.5 Å². The molecule has 0 N–H and O–H groups in total. The summed E-state index contributed by atoms with van der Waals surface area (Å²) < 4.78 is 6.10. The number of hydrogen-bond donors (Lipinski definition) is 0. The lowest BCUT2D eigenvalue weighted by molar-refractivity contribution is 0.264. The molecule has 2 aromatic carbocycles. The van der Waals surface area contributed by atoms with Crippen LogP contribution in [0.15, 0.2) is 52.9 Å². The maximum absolute atomic E-state index is 6.10. The molecule has 157 valence electrons. The van der Waals surface area contributed by atoms with Gasteiger partial charge in [-0.3, -0.25) is 0 Å². The summed E-state index contributed by atoms with van der Waals surface area (Å²) in [5.74, 6) is 2.47. The Labute approximate surface area is 190 Å². The number of furan rings is 1. The number of allylic oxidation sites excluding steroid dienone is 2. The third-order valence-corrected chi connectivity index (χ3v) is 8.91. The van der Waals surface area contributed by atoms with Crippen LogP contribution in [-0.2, 0) is 10.8 Å². The summed E-state index contributed by atoms with van der Waals surface area (Å²) in [6.45, 7) is 16.4. The van der Waals surface area contributed by atoms with Gasteiger partial charge in [0.15, 0.2) is 0 Å². The molecule has 2 heteroatoms. The van der Waals surface area contributed by atoms with Crippen LogP contribution in [0.1, 0.15) is 80.9 Å². The van der Waals surface area contributed by atoms with Gasteiger partial charge < -0.3 is 4.42 Å². The first-order valence-electron chi connectivity index (χ1n) is 11.3. The van der Waals surface area contributed by atoms with Crippen molar-refractivity contribution in [3.05, 3.63) is 82.3 Å². The molecule has 2 aliphatic rings. The smallest absolute Gasteiger partial charge is 0.130 e. The molecule has 2 atom stereocenters. The molecule has 0 bridgehead atoms. The van der Waals surface area contributed by atoms with Crippen molar-refractivity contribution in [1.82, 2.24) is 0 Å². The number of benzene rings is 2. The predicted octanol–water partition coefficient (Wildman–Crippen LogP) is 7.61. The molecule has 2 aliphatic carbocycles. The Morgan fingerprint density at radius 1 is 0.871 bits per heavy atom. The van der Waals surface area contributed by atoms with E-state index in [9.17, 15) is 0 Å². The lowest BCUT2D eigenvalue weighted by Gasteiger charge is -2.33. The van der Waals surface area contributed by atoms with Gasteiger partial charge in [0.05, 0.1) is 0 Å². The summed E-state index contributed by atoms with van der Waals surface area (Å²) in [5.41, 5.74) is 11.4. The zero-order valence-corrected chi connectivity index (χ0v) is 20.7. The Balaban J connectivity index is 1.90. The largest absolute Gasteiger partial charge is 0.462 e. The summed E-state index contributed by atoms with van der Waals surface area (Å²) in [6.07, 6.45) is 0. The summed E-state index contributed by atoms with van der Waals surface area (Å²) in [7, 11) is 4.13. The maximum atomic E-state index is 6.10. The van der Waals surface area contributed by atoms with Gasteiger partial charge >= 0.3 is 0 Å². The third-order valence-electron chi connectivity index (χ3n) is 8.31. The van der Waals surface area contributed by atoms with Gasteiger partial charge in [-0.15, -0.1) is 0 Å². The second kappa shape index (κ2) is 6.59. The average molecular weight is 424 g/mol. The Morgan fingerprint density at radius 2 is 1.55 bits per heavy atom. The first-order valence-corrected chi connectivity index (χ1v) is 11.9. The van der Waals surface area contributed by atoms with E-state index in [2.05, 4.69) is 100 Å². The van der Waals surface area contributed by atoms with Crippen molar-refractivity contribution in [2.24, 2.45) is 5.92 Å². The highest BCUT2D eigenvalue weighted by Gasteiger charge is 2.51. The minimum Gasteiger partial charge on any atom is -0.462 e. The van der Waals surface area contributed by atoms with Crippen molar-refractivity contribution in [2.45, 2.75) is 64.8 Å². The standard InChI is InChI=1S/C29H31OSi/c1-16-13-14-22(30-16)24-17(2)23-20(27(24)31)15-21-26(25(23)19-11-9-8-10-12-19)29(6,7)18(3)28(21,4)5/h8-15,18,27H,1-7H3. The number of hydrogen-bond acceptors (Lipinski definition) is 1. The summed E-state index contributed by atoms with van der Waals surface area (Å²) >= 11 is 0. The molecule has 1 nitrogen and oxygen atoms in total. The van der Waals surface area contributed by atoms with E-state index in [4.69, 9.17) is 4.42 Å². The average Bonchev–Trinajstić information content (AvgIpc) is 3.30. The van der Waals surface area contributed by atoms with Crippen molar-refractivity contribution in [3.8, 4) is 11.1 Å². The molecule has 3 aromatic rings. The Bertz CT molecular complexity index is 1220. The number of fused-ring (bicyclic) bond motifs is 2. The molecule has 0 amide bonds. The molecule has 3 radical (unpaired) electrons. The van der Waals surface area contributed by atoms with E-state index in [1.54, 1.807) is 0 Å². The lowest BCUT2D eigenvalue weighted by atomic mass is 9.71. The fraction of sp³-hybridized carbons (Fsp3) is 0.379. The van der Waals surface area contributed by atoms with Crippen LogP contribution < -0.4 is 0 Å². The van der Waals surface area contributed by atoms with Crippen molar-refractivity contribution in [2.75, 3.05) is 0 Å². The minimum atomic E-state index is 0.0879. The highest BCUT2D eigenvalue weighted by molar-refractivity contribution is 6.25. The Hall–Kier alpha value is -2.32. The minimum absolute atomic E-state index is 0.0879. The molecular weight excluding hydrogens is 392 g/mol. The molecule has 0 saturated carbocycles. The zero-order valence-electron chi connectivity index (χ0n) is 19.7. The van der Waals surface area contributed by atoms with Crippen LogP contribution in [-0.4, -0.2) is 10.2 Å². The fourth-order valence-corrected chi connectivity index (χ4v) is 6.76. The van der Waals surface area contributed by atoms with Crippen molar-refractivity contribution in [3.63, 3.8) is 0 Å². The SMILES string of the molecule is CC1=C(c2ccc(C)o2)C([Si])c2cc3c(c(-c4ccccc4)c21)C(C)(C)C(C)C3(C)C. The summed E-state index contributed by atoms with van der Waals surface area (Å²) in [6, 6.07) is 17.6. The summed E-state index contributed by atoms with van der Waals surface area (Å²) in [4.78, 5) is 0. The van der Waals surface area contributed by atoms with Gasteiger partial charge in [-0.25, -0.2) is 0 Å². The second-order valence-corrected chi connectivity index (χ2v) is 11.1. The first kappa shape index (κ1) is 20.6. The molecule has 1 heterocycles. The van der Waals surface area contributed by atoms with Crippen molar-refractivity contribution < 1.29 is 4.42 Å². The van der Waals surface area contributed by atoms with E-state index in [0.717, 1.165) is 11.5 Å². The van der Waals surface area contributed by atoms with Crippen molar-refractivity contribution in [1.29, 1.82) is 0 Å². The molecule has 0 spiro atoms. The lowest BCUT2D eigenvalue weighted by Crippen LogP contribution is -2.31. The number of rotatable bonds is 2. The Kier molecular flexibility index (Phi) is 4.37. The van der Waals surface area contributed by atoms with Crippen LogP contribution in [0.25, 0.3) is 22.3 Å². The van der Waals surface area contributed by atoms with E-state index >= 15 is 0 Å². The molecule has 31 heavy (non-hydrogen) atoms. The van der Waals surface area contributed by atoms with Gasteiger partial charge in [0, 0.05) is 21.4 Å². The zero-order chi connectivity index (χ0) is 22.3. The molecule has 1 aromatic heterocycles. The quantitative estimate of drug-likeness (QED) is 0.386. The van der Waals surface area contributed by atoms with Gasteiger partial charge in [-0.05, 0) is 81.7 Å². The number of aryl methyl sites for hydroxylation is 1. The van der Waals surface area contributed by atoms with Gasteiger partial charge in [-0.2, -0.15) is 0 Å². The second-order valence-electron chi connectivity index (χ2n) is 10.6.